The van der Waals surface area contributed by atoms with Crippen LogP contribution >= 0.6 is 12.6 Å². The topological polar surface area (TPSA) is 30.7 Å². The van der Waals surface area contributed by atoms with Crippen LogP contribution < -0.4 is 0 Å². The van der Waals surface area contributed by atoms with Crippen LogP contribution in [0.5, 0.6) is 0 Å². The Bertz CT molecular complexity index is 149. The summed E-state index contributed by atoms with van der Waals surface area (Å²) in [6.45, 7) is 0.969. The van der Waals surface area contributed by atoms with E-state index in [0.717, 1.165) is 18.7 Å². The Kier molecular flexibility index (Phi) is 2.57. The van der Waals surface area contributed by atoms with Gasteiger partial charge in [-0.2, -0.15) is 12.6 Å². The SMILES string of the molecule is SCCCn1cnnc1. The number of hydrogen-bond acceptors (Lipinski definition) is 3. The second kappa shape index (κ2) is 3.50. The van der Waals surface area contributed by atoms with Crippen molar-refractivity contribution < 1.29 is 0 Å². The average molecular weight is 143 g/mol. The van der Waals surface area contributed by atoms with Gasteiger partial charge in [-0.05, 0) is 12.2 Å². The van der Waals surface area contributed by atoms with Crippen molar-refractivity contribution in [1.29, 1.82) is 0 Å². The van der Waals surface area contributed by atoms with Crippen LogP contribution in [0.4, 0.5) is 0 Å². The lowest BCUT2D eigenvalue weighted by Gasteiger charge is -1.94. The molecule has 4 heteroatoms. The second-order valence-electron chi connectivity index (χ2n) is 1.78. The Hall–Kier alpha value is -0.510. The van der Waals surface area contributed by atoms with Gasteiger partial charge in [-0.25, -0.2) is 0 Å². The highest BCUT2D eigenvalue weighted by Gasteiger charge is 1.86. The van der Waals surface area contributed by atoms with Gasteiger partial charge in [-0.3, -0.25) is 0 Å². The first kappa shape index (κ1) is 6.61. The standard InChI is InChI=1S/C5H9N3S/c9-3-1-2-8-4-6-7-5-8/h4-5,9H,1-3H2. The van der Waals surface area contributed by atoms with E-state index in [1.807, 2.05) is 4.57 Å². The molecule has 1 aromatic heterocycles. The number of aromatic nitrogens is 3. The maximum atomic E-state index is 4.08. The summed E-state index contributed by atoms with van der Waals surface area (Å²) in [6, 6.07) is 0. The Morgan fingerprint density at radius 1 is 1.33 bits per heavy atom. The molecule has 0 aliphatic heterocycles. The molecule has 0 spiro atoms. The average Bonchev–Trinajstić information content (AvgIpc) is 2.34. The number of hydrogen-bond donors (Lipinski definition) is 1. The van der Waals surface area contributed by atoms with Crippen molar-refractivity contribution in [1.82, 2.24) is 14.8 Å². The lowest BCUT2D eigenvalue weighted by Crippen LogP contribution is -1.94. The minimum absolute atomic E-state index is 0.915. The van der Waals surface area contributed by atoms with Gasteiger partial charge < -0.3 is 4.57 Å². The van der Waals surface area contributed by atoms with Gasteiger partial charge >= 0.3 is 0 Å². The van der Waals surface area contributed by atoms with Crippen molar-refractivity contribution in [3.8, 4) is 0 Å². The molecule has 9 heavy (non-hydrogen) atoms. The summed E-state index contributed by atoms with van der Waals surface area (Å²) in [5.41, 5.74) is 0. The van der Waals surface area contributed by atoms with Crippen LogP contribution in [0.2, 0.25) is 0 Å². The number of nitrogens with zero attached hydrogens (tertiary/aromatic N) is 3. The van der Waals surface area contributed by atoms with Crippen LogP contribution in [0, 0.1) is 0 Å². The molecule has 3 nitrogen and oxygen atoms in total. The quantitative estimate of drug-likeness (QED) is 0.628. The summed E-state index contributed by atoms with van der Waals surface area (Å²) in [7, 11) is 0. The van der Waals surface area contributed by atoms with Crippen LogP contribution in [0.25, 0.3) is 0 Å². The largest absolute Gasteiger partial charge is 0.320 e. The predicted octanol–water partition coefficient (Wildman–Crippen LogP) is 0.598. The van der Waals surface area contributed by atoms with Gasteiger partial charge in [0.1, 0.15) is 12.7 Å². The van der Waals surface area contributed by atoms with Gasteiger partial charge in [0.05, 0.1) is 0 Å². The molecule has 0 aliphatic rings. The zero-order valence-electron chi connectivity index (χ0n) is 5.06. The summed E-state index contributed by atoms with van der Waals surface area (Å²) < 4.78 is 1.94. The van der Waals surface area contributed by atoms with Gasteiger partial charge in [-0.15, -0.1) is 10.2 Å². The fourth-order valence-electron chi connectivity index (χ4n) is 0.591. The van der Waals surface area contributed by atoms with Crippen LogP contribution in [-0.4, -0.2) is 20.5 Å². The van der Waals surface area contributed by atoms with E-state index in [-0.39, 0.29) is 0 Å². The molecular weight excluding hydrogens is 134 g/mol. The van der Waals surface area contributed by atoms with Crippen molar-refractivity contribution in [3.63, 3.8) is 0 Å². The molecular formula is C5H9N3S. The van der Waals surface area contributed by atoms with Gasteiger partial charge in [0.2, 0.25) is 0 Å². The normalized spacial score (nSPS) is 9.89. The third-order valence-corrected chi connectivity index (χ3v) is 1.36. The Balaban J connectivity index is 2.30. The van der Waals surface area contributed by atoms with Crippen LogP contribution in [0.1, 0.15) is 6.42 Å². The monoisotopic (exact) mass is 143 g/mol. The number of thiol groups is 1. The van der Waals surface area contributed by atoms with E-state index in [2.05, 4.69) is 22.8 Å². The zero-order chi connectivity index (χ0) is 6.53. The molecule has 0 amide bonds. The fraction of sp³-hybridized carbons (Fsp3) is 0.600. The van der Waals surface area contributed by atoms with E-state index in [1.54, 1.807) is 12.7 Å². The van der Waals surface area contributed by atoms with Crippen molar-refractivity contribution >= 4 is 12.6 Å². The molecule has 0 radical (unpaired) electrons. The summed E-state index contributed by atoms with van der Waals surface area (Å²) in [4.78, 5) is 0. The molecule has 0 saturated carbocycles. The highest BCUT2D eigenvalue weighted by atomic mass is 32.1. The molecule has 1 aromatic rings. The summed E-state index contributed by atoms with van der Waals surface area (Å²) >= 11 is 4.08. The lowest BCUT2D eigenvalue weighted by molar-refractivity contribution is 0.682. The van der Waals surface area contributed by atoms with Crippen molar-refractivity contribution in [2.75, 3.05) is 5.75 Å². The maximum absolute atomic E-state index is 4.08. The first-order valence-corrected chi connectivity index (χ1v) is 3.50. The van der Waals surface area contributed by atoms with Crippen LogP contribution in [0.15, 0.2) is 12.7 Å². The van der Waals surface area contributed by atoms with E-state index >= 15 is 0 Å². The Morgan fingerprint density at radius 3 is 2.56 bits per heavy atom. The number of aryl methyl sites for hydroxylation is 1. The van der Waals surface area contributed by atoms with Gasteiger partial charge in [0.15, 0.2) is 0 Å². The van der Waals surface area contributed by atoms with Crippen molar-refractivity contribution in [2.24, 2.45) is 0 Å². The van der Waals surface area contributed by atoms with E-state index in [9.17, 15) is 0 Å². The summed E-state index contributed by atoms with van der Waals surface area (Å²) in [6.07, 6.45) is 4.49. The molecule has 0 atom stereocenters. The molecule has 0 aromatic carbocycles. The summed E-state index contributed by atoms with van der Waals surface area (Å²) in [5.74, 6) is 0.915. The molecule has 1 rings (SSSR count). The van der Waals surface area contributed by atoms with Gasteiger partial charge in [0, 0.05) is 6.54 Å². The minimum atomic E-state index is 0.915. The first-order chi connectivity index (χ1) is 4.43. The molecule has 1 heterocycles. The Morgan fingerprint density at radius 2 is 2.00 bits per heavy atom. The second-order valence-corrected chi connectivity index (χ2v) is 2.22. The molecule has 50 valence electrons. The molecule has 0 bridgehead atoms. The minimum Gasteiger partial charge on any atom is -0.320 e. The maximum Gasteiger partial charge on any atom is 0.119 e. The first-order valence-electron chi connectivity index (χ1n) is 2.87. The molecule has 0 fully saturated rings. The highest BCUT2D eigenvalue weighted by Crippen LogP contribution is 1.89. The van der Waals surface area contributed by atoms with E-state index in [4.69, 9.17) is 0 Å². The van der Waals surface area contributed by atoms with Crippen molar-refractivity contribution in [2.45, 2.75) is 13.0 Å². The third-order valence-electron chi connectivity index (χ3n) is 1.04. The molecule has 0 saturated heterocycles. The fourth-order valence-corrected chi connectivity index (χ4v) is 0.732. The highest BCUT2D eigenvalue weighted by molar-refractivity contribution is 7.80. The van der Waals surface area contributed by atoms with Crippen molar-refractivity contribution in [3.05, 3.63) is 12.7 Å². The number of rotatable bonds is 3. The van der Waals surface area contributed by atoms with Crippen LogP contribution in [-0.2, 0) is 6.54 Å². The van der Waals surface area contributed by atoms with Gasteiger partial charge in [-0.1, -0.05) is 0 Å². The van der Waals surface area contributed by atoms with E-state index in [0.29, 0.717) is 0 Å². The van der Waals surface area contributed by atoms with Crippen LogP contribution in [0.3, 0.4) is 0 Å². The molecule has 0 aliphatic carbocycles. The molecule has 0 unspecified atom stereocenters. The zero-order valence-corrected chi connectivity index (χ0v) is 5.96. The predicted molar refractivity (Wildman–Crippen MR) is 38.5 cm³/mol. The Labute approximate surface area is 59.5 Å². The van der Waals surface area contributed by atoms with E-state index in [1.165, 1.54) is 0 Å². The smallest absolute Gasteiger partial charge is 0.119 e. The third kappa shape index (κ3) is 2.05. The van der Waals surface area contributed by atoms with Gasteiger partial charge in [0.25, 0.3) is 0 Å². The molecule has 0 N–H and O–H groups in total. The lowest BCUT2D eigenvalue weighted by atomic mass is 10.5. The summed E-state index contributed by atoms with van der Waals surface area (Å²) in [5, 5.41) is 7.33. The van der Waals surface area contributed by atoms with E-state index < -0.39 is 0 Å².